The summed E-state index contributed by atoms with van der Waals surface area (Å²) >= 11 is 6.31. The fourth-order valence-corrected chi connectivity index (χ4v) is 3.39. The maximum Gasteiger partial charge on any atom is 0.256 e. The molecule has 3 rings (SSSR count). The van der Waals surface area contributed by atoms with Gasteiger partial charge in [-0.2, -0.15) is 0 Å². The first-order valence-electron chi connectivity index (χ1n) is 9.14. The molecule has 144 valence electrons. The lowest BCUT2D eigenvalue weighted by molar-refractivity contribution is 0.0680. The third-order valence-corrected chi connectivity index (χ3v) is 5.03. The number of morpholine rings is 1. The molecule has 1 aliphatic rings. The van der Waals surface area contributed by atoms with Gasteiger partial charge < -0.3 is 19.3 Å². The van der Waals surface area contributed by atoms with Crippen molar-refractivity contribution in [2.24, 2.45) is 0 Å². The van der Waals surface area contributed by atoms with Crippen molar-refractivity contribution in [2.45, 2.75) is 6.54 Å². The molecule has 1 saturated heterocycles. The highest BCUT2D eigenvalue weighted by atomic mass is 35.5. The first-order chi connectivity index (χ1) is 13.2. The van der Waals surface area contributed by atoms with Crippen molar-refractivity contribution in [3.8, 4) is 0 Å². The maximum atomic E-state index is 13.4. The normalized spacial score (nSPS) is 14.2. The molecule has 0 bridgehead atoms. The summed E-state index contributed by atoms with van der Waals surface area (Å²) < 4.78 is 10.7. The Morgan fingerprint density at radius 2 is 1.85 bits per heavy atom. The van der Waals surface area contributed by atoms with Gasteiger partial charge in [-0.25, -0.2) is 0 Å². The number of ether oxygens (including phenoxy) is 2. The third kappa shape index (κ3) is 5.01. The number of hydrogen-bond acceptors (Lipinski definition) is 4. The average molecular weight is 389 g/mol. The molecule has 1 aliphatic heterocycles. The molecule has 2 aromatic rings. The minimum atomic E-state index is -0.0194. The number of nitrogens with zero attached hydrogens (tertiary/aromatic N) is 2. The number of carbonyl (C=O) groups is 1. The van der Waals surface area contributed by atoms with Gasteiger partial charge in [-0.05, 0) is 23.8 Å². The number of benzene rings is 2. The van der Waals surface area contributed by atoms with Gasteiger partial charge in [0.2, 0.25) is 0 Å². The van der Waals surface area contributed by atoms with Gasteiger partial charge in [-0.1, -0.05) is 41.9 Å². The number of hydrogen-bond donors (Lipinski definition) is 0. The highest BCUT2D eigenvalue weighted by Gasteiger charge is 2.23. The van der Waals surface area contributed by atoms with Crippen LogP contribution in [0, 0.1) is 0 Å². The van der Waals surface area contributed by atoms with Crippen LogP contribution in [0.3, 0.4) is 0 Å². The molecule has 0 aliphatic carbocycles. The number of rotatable bonds is 7. The van der Waals surface area contributed by atoms with Crippen LogP contribution in [-0.4, -0.2) is 57.4 Å². The van der Waals surface area contributed by atoms with Crippen molar-refractivity contribution in [3.05, 3.63) is 64.7 Å². The molecule has 1 heterocycles. The van der Waals surface area contributed by atoms with E-state index in [1.54, 1.807) is 12.0 Å². The summed E-state index contributed by atoms with van der Waals surface area (Å²) in [5.41, 5.74) is 2.57. The summed E-state index contributed by atoms with van der Waals surface area (Å²) in [5.74, 6) is -0.0194. The number of halogens is 1. The first-order valence-corrected chi connectivity index (χ1v) is 9.52. The predicted molar refractivity (Wildman–Crippen MR) is 108 cm³/mol. The molecular formula is C21H25ClN2O3. The number of carbonyl (C=O) groups excluding carboxylic acids is 1. The van der Waals surface area contributed by atoms with Crippen molar-refractivity contribution >= 4 is 23.2 Å². The molecule has 0 spiro atoms. The zero-order valence-electron chi connectivity index (χ0n) is 15.6. The van der Waals surface area contributed by atoms with Crippen LogP contribution in [0.15, 0.2) is 48.5 Å². The Morgan fingerprint density at radius 1 is 1.15 bits per heavy atom. The van der Waals surface area contributed by atoms with E-state index in [9.17, 15) is 4.79 Å². The second kappa shape index (κ2) is 9.74. The van der Waals surface area contributed by atoms with Gasteiger partial charge >= 0.3 is 0 Å². The van der Waals surface area contributed by atoms with Gasteiger partial charge in [0.05, 0.1) is 25.4 Å². The summed E-state index contributed by atoms with van der Waals surface area (Å²) in [6.07, 6.45) is 0. The SMILES string of the molecule is COCCN(Cc1ccccc1Cl)C(=O)c1ccccc1N1CCOCC1. The molecule has 1 fully saturated rings. The summed E-state index contributed by atoms with van der Waals surface area (Å²) in [6.45, 7) is 4.33. The number of methoxy groups -OCH3 is 1. The quantitative estimate of drug-likeness (QED) is 0.728. The molecule has 5 nitrogen and oxygen atoms in total. The number of anilines is 1. The molecule has 0 saturated carbocycles. The van der Waals surface area contributed by atoms with Crippen LogP contribution in [0.4, 0.5) is 5.69 Å². The van der Waals surface area contributed by atoms with E-state index in [2.05, 4.69) is 4.90 Å². The second-order valence-corrected chi connectivity index (χ2v) is 6.83. The van der Waals surface area contributed by atoms with E-state index < -0.39 is 0 Å². The minimum absolute atomic E-state index is 0.0194. The van der Waals surface area contributed by atoms with Gasteiger partial charge in [0.25, 0.3) is 5.91 Å². The van der Waals surface area contributed by atoms with Crippen LogP contribution in [0.1, 0.15) is 15.9 Å². The van der Waals surface area contributed by atoms with E-state index in [-0.39, 0.29) is 5.91 Å². The molecular weight excluding hydrogens is 364 g/mol. The van der Waals surface area contributed by atoms with Gasteiger partial charge in [-0.3, -0.25) is 4.79 Å². The fraction of sp³-hybridized carbons (Fsp3) is 0.381. The number of para-hydroxylation sites is 1. The Morgan fingerprint density at radius 3 is 2.59 bits per heavy atom. The Labute approximate surface area is 165 Å². The molecule has 6 heteroatoms. The van der Waals surface area contributed by atoms with Gasteiger partial charge in [0.1, 0.15) is 0 Å². The maximum absolute atomic E-state index is 13.4. The summed E-state index contributed by atoms with van der Waals surface area (Å²) in [7, 11) is 1.64. The predicted octanol–water partition coefficient (Wildman–Crippen LogP) is 3.47. The topological polar surface area (TPSA) is 42.0 Å². The number of amides is 1. The standard InChI is InChI=1S/C21H25ClN2O3/c1-26-13-10-24(16-17-6-2-4-8-19(17)22)21(25)18-7-3-5-9-20(18)23-11-14-27-15-12-23/h2-9H,10-16H2,1H3. The molecule has 0 radical (unpaired) electrons. The Kier molecular flexibility index (Phi) is 7.10. The van der Waals surface area contributed by atoms with Crippen LogP contribution in [0.25, 0.3) is 0 Å². The van der Waals surface area contributed by atoms with Gasteiger partial charge in [0.15, 0.2) is 0 Å². The molecule has 0 unspecified atom stereocenters. The van der Waals surface area contributed by atoms with Crippen molar-refractivity contribution in [3.63, 3.8) is 0 Å². The van der Waals surface area contributed by atoms with E-state index in [1.165, 1.54) is 0 Å². The highest BCUT2D eigenvalue weighted by molar-refractivity contribution is 6.31. The zero-order chi connectivity index (χ0) is 19.1. The largest absolute Gasteiger partial charge is 0.383 e. The fourth-order valence-electron chi connectivity index (χ4n) is 3.19. The molecule has 0 N–H and O–H groups in total. The molecule has 0 atom stereocenters. The van der Waals surface area contributed by atoms with Crippen LogP contribution >= 0.6 is 11.6 Å². The average Bonchev–Trinajstić information content (AvgIpc) is 2.72. The molecule has 2 aromatic carbocycles. The van der Waals surface area contributed by atoms with Crippen LogP contribution < -0.4 is 4.90 Å². The molecule has 0 aromatic heterocycles. The lowest BCUT2D eigenvalue weighted by atomic mass is 10.1. The zero-order valence-corrected chi connectivity index (χ0v) is 16.3. The molecule has 27 heavy (non-hydrogen) atoms. The Balaban J connectivity index is 1.86. The van der Waals surface area contributed by atoms with Crippen molar-refractivity contribution in [1.29, 1.82) is 0 Å². The van der Waals surface area contributed by atoms with E-state index >= 15 is 0 Å². The Hall–Kier alpha value is -2.08. The van der Waals surface area contributed by atoms with Crippen LogP contribution in [-0.2, 0) is 16.0 Å². The highest BCUT2D eigenvalue weighted by Crippen LogP contribution is 2.25. The minimum Gasteiger partial charge on any atom is -0.383 e. The first kappa shape index (κ1) is 19.7. The summed E-state index contributed by atoms with van der Waals surface area (Å²) in [5, 5.41) is 0.661. The second-order valence-electron chi connectivity index (χ2n) is 6.43. The molecule has 1 amide bonds. The van der Waals surface area contributed by atoms with E-state index in [0.717, 1.165) is 24.3 Å². The van der Waals surface area contributed by atoms with Crippen LogP contribution in [0.2, 0.25) is 5.02 Å². The van der Waals surface area contributed by atoms with E-state index in [4.69, 9.17) is 21.1 Å². The third-order valence-electron chi connectivity index (χ3n) is 4.66. The van der Waals surface area contributed by atoms with Crippen molar-refractivity contribution < 1.29 is 14.3 Å². The van der Waals surface area contributed by atoms with Crippen molar-refractivity contribution in [1.82, 2.24) is 4.90 Å². The van der Waals surface area contributed by atoms with Gasteiger partial charge in [0, 0.05) is 44.0 Å². The summed E-state index contributed by atoms with van der Waals surface area (Å²) in [6, 6.07) is 15.4. The lowest BCUT2D eigenvalue weighted by Crippen LogP contribution is -2.39. The van der Waals surface area contributed by atoms with E-state index in [1.807, 2.05) is 48.5 Å². The van der Waals surface area contributed by atoms with Gasteiger partial charge in [-0.15, -0.1) is 0 Å². The summed E-state index contributed by atoms with van der Waals surface area (Å²) in [4.78, 5) is 17.4. The van der Waals surface area contributed by atoms with E-state index in [0.29, 0.717) is 43.5 Å². The Bertz CT molecular complexity index is 763. The van der Waals surface area contributed by atoms with Crippen molar-refractivity contribution in [2.75, 3.05) is 51.5 Å². The smallest absolute Gasteiger partial charge is 0.256 e. The lowest BCUT2D eigenvalue weighted by Gasteiger charge is -2.31. The monoisotopic (exact) mass is 388 g/mol. The van der Waals surface area contributed by atoms with Crippen LogP contribution in [0.5, 0.6) is 0 Å².